The van der Waals surface area contributed by atoms with Crippen LogP contribution in [0.3, 0.4) is 0 Å². The molecule has 19 heavy (non-hydrogen) atoms. The molecule has 0 atom stereocenters. The quantitative estimate of drug-likeness (QED) is 0.814. The van der Waals surface area contributed by atoms with Crippen molar-refractivity contribution in [2.24, 2.45) is 5.10 Å². The molecule has 0 spiro atoms. The van der Waals surface area contributed by atoms with E-state index in [1.54, 1.807) is 30.7 Å². The fraction of sp³-hybridized carbons (Fsp3) is 0.308. The first-order valence-electron chi connectivity index (χ1n) is 5.89. The average Bonchev–Trinajstić information content (AvgIpc) is 2.70. The van der Waals surface area contributed by atoms with Gasteiger partial charge in [0.2, 0.25) is 0 Å². The summed E-state index contributed by atoms with van der Waals surface area (Å²) in [7, 11) is 0. The lowest BCUT2D eigenvalue weighted by atomic mass is 10.1. The number of aliphatic hydroxyl groups excluding tert-OH is 1. The summed E-state index contributed by atoms with van der Waals surface area (Å²) in [6.45, 7) is 5.28. The van der Waals surface area contributed by atoms with Crippen molar-refractivity contribution in [2.45, 2.75) is 27.4 Å². The molecule has 1 heterocycles. The molecule has 6 heteroatoms. The van der Waals surface area contributed by atoms with Gasteiger partial charge in [-0.3, -0.25) is 0 Å². The number of aliphatic hydroxyl groups is 1. The van der Waals surface area contributed by atoms with E-state index in [2.05, 4.69) is 15.3 Å². The Labute approximate surface area is 111 Å². The predicted molar refractivity (Wildman–Crippen MR) is 71.3 cm³/mol. The average molecular weight is 260 g/mol. The number of nitrogens with zero attached hydrogens (tertiary/aromatic N) is 4. The molecule has 0 fully saturated rings. The third-order valence-electron chi connectivity index (χ3n) is 2.80. The van der Waals surface area contributed by atoms with Crippen LogP contribution >= 0.6 is 0 Å². The third kappa shape index (κ3) is 2.63. The second-order valence-corrected chi connectivity index (χ2v) is 4.37. The van der Waals surface area contributed by atoms with E-state index < -0.39 is 0 Å². The maximum absolute atomic E-state index is 9.99. The topological polar surface area (TPSA) is 83.5 Å². The fourth-order valence-electron chi connectivity index (χ4n) is 1.85. The molecule has 0 unspecified atom stereocenters. The number of hydrogen-bond donors (Lipinski definition) is 2. The van der Waals surface area contributed by atoms with Crippen LogP contribution in [0.15, 0.2) is 17.2 Å². The van der Waals surface area contributed by atoms with Crippen LogP contribution in [-0.4, -0.2) is 31.3 Å². The van der Waals surface area contributed by atoms with Crippen LogP contribution < -0.4 is 0 Å². The highest BCUT2D eigenvalue weighted by Crippen LogP contribution is 2.23. The smallest absolute Gasteiger partial charge is 0.151 e. The van der Waals surface area contributed by atoms with Crippen molar-refractivity contribution in [1.29, 1.82) is 0 Å². The normalized spacial score (nSPS) is 11.4. The number of aryl methyl sites for hydroxylation is 3. The van der Waals surface area contributed by atoms with Crippen LogP contribution in [0.5, 0.6) is 5.75 Å². The molecule has 1 aromatic heterocycles. The first-order valence-corrected chi connectivity index (χ1v) is 5.89. The summed E-state index contributed by atoms with van der Waals surface area (Å²) in [5.41, 5.74) is 1.98. The number of phenols is 1. The Morgan fingerprint density at radius 3 is 2.42 bits per heavy atom. The Morgan fingerprint density at radius 2 is 1.84 bits per heavy atom. The van der Waals surface area contributed by atoms with Crippen LogP contribution in [0, 0.1) is 20.8 Å². The van der Waals surface area contributed by atoms with E-state index in [1.165, 1.54) is 6.21 Å². The second kappa shape index (κ2) is 5.19. The van der Waals surface area contributed by atoms with E-state index in [0.29, 0.717) is 22.8 Å². The highest BCUT2D eigenvalue weighted by Gasteiger charge is 2.07. The Balaban J connectivity index is 2.41. The van der Waals surface area contributed by atoms with Crippen LogP contribution in [0.1, 0.15) is 28.3 Å². The van der Waals surface area contributed by atoms with Gasteiger partial charge in [-0.05, 0) is 32.4 Å². The SMILES string of the molecule is Cc1cc(/C=N/n2c(C)nnc2C)c(O)c(CO)c1. The molecule has 0 bridgehead atoms. The van der Waals surface area contributed by atoms with E-state index in [-0.39, 0.29) is 12.4 Å². The molecule has 0 radical (unpaired) electrons. The van der Waals surface area contributed by atoms with Gasteiger partial charge in [-0.25, -0.2) is 4.68 Å². The highest BCUT2D eigenvalue weighted by molar-refractivity contribution is 5.84. The first kappa shape index (κ1) is 13.2. The van der Waals surface area contributed by atoms with Gasteiger partial charge in [-0.2, -0.15) is 5.10 Å². The van der Waals surface area contributed by atoms with E-state index in [0.717, 1.165) is 5.56 Å². The summed E-state index contributed by atoms with van der Waals surface area (Å²) in [6.07, 6.45) is 1.53. The van der Waals surface area contributed by atoms with Crippen LogP contribution in [-0.2, 0) is 6.61 Å². The molecule has 0 aliphatic carbocycles. The molecular formula is C13H16N4O2. The molecule has 0 aliphatic rings. The maximum Gasteiger partial charge on any atom is 0.151 e. The van der Waals surface area contributed by atoms with Crippen molar-refractivity contribution in [3.63, 3.8) is 0 Å². The van der Waals surface area contributed by atoms with Gasteiger partial charge in [0.15, 0.2) is 11.6 Å². The van der Waals surface area contributed by atoms with Gasteiger partial charge >= 0.3 is 0 Å². The predicted octanol–water partition coefficient (Wildman–Crippen LogP) is 1.28. The molecular weight excluding hydrogens is 244 g/mol. The summed E-state index contributed by atoms with van der Waals surface area (Å²) < 4.78 is 1.58. The Bertz CT molecular complexity index is 612. The minimum Gasteiger partial charge on any atom is -0.507 e. The van der Waals surface area contributed by atoms with Gasteiger partial charge in [0.1, 0.15) is 5.75 Å². The second-order valence-electron chi connectivity index (χ2n) is 4.37. The van der Waals surface area contributed by atoms with Gasteiger partial charge in [0.25, 0.3) is 0 Å². The Hall–Kier alpha value is -2.21. The number of aromatic nitrogens is 3. The molecule has 100 valence electrons. The van der Waals surface area contributed by atoms with Gasteiger partial charge in [0.05, 0.1) is 12.8 Å². The molecule has 2 N–H and O–H groups in total. The molecule has 2 aromatic rings. The minimum atomic E-state index is -0.209. The van der Waals surface area contributed by atoms with Gasteiger partial charge in [0, 0.05) is 11.1 Å². The molecule has 0 aliphatic heterocycles. The van der Waals surface area contributed by atoms with E-state index in [1.807, 2.05) is 6.92 Å². The van der Waals surface area contributed by atoms with Crippen LogP contribution in [0.4, 0.5) is 0 Å². The summed E-state index contributed by atoms with van der Waals surface area (Å²) >= 11 is 0. The minimum absolute atomic E-state index is 0.0419. The summed E-state index contributed by atoms with van der Waals surface area (Å²) in [5, 5.41) is 31.2. The van der Waals surface area contributed by atoms with Crippen molar-refractivity contribution < 1.29 is 10.2 Å². The monoisotopic (exact) mass is 260 g/mol. The van der Waals surface area contributed by atoms with E-state index in [9.17, 15) is 10.2 Å². The number of benzene rings is 1. The number of aromatic hydroxyl groups is 1. The molecule has 1 aromatic carbocycles. The lowest BCUT2D eigenvalue weighted by Crippen LogP contribution is -1.98. The maximum atomic E-state index is 9.99. The summed E-state index contributed by atoms with van der Waals surface area (Å²) in [5.74, 6) is 1.38. The van der Waals surface area contributed by atoms with Gasteiger partial charge in [-0.15, -0.1) is 10.2 Å². The van der Waals surface area contributed by atoms with Crippen molar-refractivity contribution in [3.8, 4) is 5.75 Å². The third-order valence-corrected chi connectivity index (χ3v) is 2.80. The van der Waals surface area contributed by atoms with Crippen molar-refractivity contribution in [1.82, 2.24) is 14.9 Å². The standard InChI is InChI=1S/C13H16N4O2/c1-8-4-11(13(19)12(5-8)7-18)6-14-17-9(2)15-16-10(17)3/h4-6,18-19H,7H2,1-3H3/b14-6+. The highest BCUT2D eigenvalue weighted by atomic mass is 16.3. The summed E-state index contributed by atoms with van der Waals surface area (Å²) in [6, 6.07) is 3.54. The zero-order valence-corrected chi connectivity index (χ0v) is 11.1. The number of hydrogen-bond acceptors (Lipinski definition) is 5. The van der Waals surface area contributed by atoms with Crippen molar-refractivity contribution in [2.75, 3.05) is 0 Å². The van der Waals surface area contributed by atoms with E-state index >= 15 is 0 Å². The largest absolute Gasteiger partial charge is 0.507 e. The van der Waals surface area contributed by atoms with Crippen LogP contribution in [0.25, 0.3) is 0 Å². The summed E-state index contributed by atoms with van der Waals surface area (Å²) in [4.78, 5) is 0. The Kier molecular flexibility index (Phi) is 3.62. The molecule has 6 nitrogen and oxygen atoms in total. The van der Waals surface area contributed by atoms with E-state index in [4.69, 9.17) is 0 Å². The van der Waals surface area contributed by atoms with Crippen molar-refractivity contribution in [3.05, 3.63) is 40.5 Å². The molecule has 2 rings (SSSR count). The van der Waals surface area contributed by atoms with Gasteiger partial charge in [-0.1, -0.05) is 6.07 Å². The fourth-order valence-corrected chi connectivity index (χ4v) is 1.85. The first-order chi connectivity index (χ1) is 9.02. The molecule has 0 amide bonds. The zero-order valence-electron chi connectivity index (χ0n) is 11.1. The lowest BCUT2D eigenvalue weighted by molar-refractivity contribution is 0.275. The van der Waals surface area contributed by atoms with Gasteiger partial charge < -0.3 is 10.2 Å². The Morgan fingerprint density at radius 1 is 1.21 bits per heavy atom. The zero-order chi connectivity index (χ0) is 14.0. The van der Waals surface area contributed by atoms with Crippen LogP contribution in [0.2, 0.25) is 0 Å². The molecule has 0 saturated heterocycles. The van der Waals surface area contributed by atoms with Crippen molar-refractivity contribution >= 4 is 6.21 Å². The number of rotatable bonds is 3. The molecule has 0 saturated carbocycles. The lowest BCUT2D eigenvalue weighted by Gasteiger charge is -2.06.